The summed E-state index contributed by atoms with van der Waals surface area (Å²) in [5.41, 5.74) is 0.668. The van der Waals surface area contributed by atoms with Crippen LogP contribution in [0, 0.1) is 17.0 Å². The minimum atomic E-state index is -0.499. The summed E-state index contributed by atoms with van der Waals surface area (Å²) in [4.78, 5) is 22.3. The first-order chi connectivity index (χ1) is 10.1. The number of hydrogen-bond donors (Lipinski definition) is 1. The average molecular weight is 292 g/mol. The molecule has 1 amide bonds. The number of rotatable bonds is 5. The minimum Gasteiger partial charge on any atom is -0.477 e. The van der Waals surface area contributed by atoms with Crippen LogP contribution < -0.4 is 10.1 Å². The number of amides is 1. The lowest BCUT2D eigenvalue weighted by Gasteiger charge is -2.22. The number of benzene rings is 1. The van der Waals surface area contributed by atoms with Crippen molar-refractivity contribution in [2.45, 2.75) is 45.1 Å². The molecule has 0 unspecified atom stereocenters. The van der Waals surface area contributed by atoms with Crippen molar-refractivity contribution in [1.29, 1.82) is 0 Å². The lowest BCUT2D eigenvalue weighted by molar-refractivity contribution is -0.385. The van der Waals surface area contributed by atoms with E-state index >= 15 is 0 Å². The minimum absolute atomic E-state index is 0.111. The lowest BCUT2D eigenvalue weighted by Crippen LogP contribution is -2.39. The Bertz CT molecular complexity index is 524. The number of ether oxygens (including phenoxy) is 1. The standard InChI is InChI=1S/C15H20N2O4/c1-11-7-8-14(13(9-11)17(19)20)21-10-15(18)16-12-5-3-2-4-6-12/h7-9,12H,2-6,10H2,1H3,(H,16,18). The van der Waals surface area contributed by atoms with E-state index in [0.717, 1.165) is 31.2 Å². The highest BCUT2D eigenvalue weighted by Gasteiger charge is 2.18. The Morgan fingerprint density at radius 1 is 1.38 bits per heavy atom. The molecule has 21 heavy (non-hydrogen) atoms. The van der Waals surface area contributed by atoms with Gasteiger partial charge in [0.05, 0.1) is 4.92 Å². The second-order valence-corrected chi connectivity index (χ2v) is 5.42. The highest BCUT2D eigenvalue weighted by molar-refractivity contribution is 5.78. The summed E-state index contributed by atoms with van der Waals surface area (Å²) in [7, 11) is 0. The van der Waals surface area contributed by atoms with Crippen LogP contribution in [0.4, 0.5) is 5.69 Å². The van der Waals surface area contributed by atoms with Gasteiger partial charge in [0.25, 0.3) is 5.91 Å². The zero-order valence-corrected chi connectivity index (χ0v) is 12.1. The van der Waals surface area contributed by atoms with E-state index < -0.39 is 4.92 Å². The molecule has 0 saturated heterocycles. The first-order valence-electron chi connectivity index (χ1n) is 7.23. The molecule has 2 rings (SSSR count). The van der Waals surface area contributed by atoms with E-state index in [2.05, 4.69) is 5.32 Å². The summed E-state index contributed by atoms with van der Waals surface area (Å²) in [6.45, 7) is 1.58. The molecule has 1 aliphatic rings. The molecule has 0 heterocycles. The maximum Gasteiger partial charge on any atom is 0.311 e. The highest BCUT2D eigenvalue weighted by Crippen LogP contribution is 2.27. The number of nitrogens with zero attached hydrogens (tertiary/aromatic N) is 1. The Balaban J connectivity index is 1.90. The highest BCUT2D eigenvalue weighted by atomic mass is 16.6. The van der Waals surface area contributed by atoms with Gasteiger partial charge >= 0.3 is 5.69 Å². The molecule has 0 atom stereocenters. The van der Waals surface area contributed by atoms with Crippen LogP contribution in [0.25, 0.3) is 0 Å². The quantitative estimate of drug-likeness (QED) is 0.668. The van der Waals surface area contributed by atoms with Crippen molar-refractivity contribution in [1.82, 2.24) is 5.32 Å². The van der Waals surface area contributed by atoms with Crippen molar-refractivity contribution in [2.24, 2.45) is 0 Å². The van der Waals surface area contributed by atoms with Crippen LogP contribution in [0.15, 0.2) is 18.2 Å². The predicted molar refractivity (Wildman–Crippen MR) is 78.3 cm³/mol. The van der Waals surface area contributed by atoms with Gasteiger partial charge in [0, 0.05) is 12.1 Å². The molecule has 1 aromatic rings. The molecule has 1 aromatic carbocycles. The molecule has 6 heteroatoms. The first-order valence-corrected chi connectivity index (χ1v) is 7.23. The smallest absolute Gasteiger partial charge is 0.311 e. The number of carbonyl (C=O) groups excluding carboxylic acids is 1. The summed E-state index contributed by atoms with van der Waals surface area (Å²) in [6, 6.07) is 4.90. The fraction of sp³-hybridized carbons (Fsp3) is 0.533. The van der Waals surface area contributed by atoms with Gasteiger partial charge in [-0.15, -0.1) is 0 Å². The summed E-state index contributed by atoms with van der Waals surface area (Å²) in [5, 5.41) is 13.9. The first kappa shape index (κ1) is 15.3. The van der Waals surface area contributed by atoms with Gasteiger partial charge in [0.1, 0.15) is 0 Å². The topological polar surface area (TPSA) is 81.5 Å². The van der Waals surface area contributed by atoms with Gasteiger partial charge in [0.2, 0.25) is 0 Å². The third-order valence-corrected chi connectivity index (χ3v) is 3.64. The normalized spacial score (nSPS) is 15.5. The molecule has 1 fully saturated rings. The van der Waals surface area contributed by atoms with Crippen LogP contribution in [-0.2, 0) is 4.79 Å². The fourth-order valence-electron chi connectivity index (χ4n) is 2.55. The van der Waals surface area contributed by atoms with E-state index in [-0.39, 0.29) is 30.0 Å². The maximum atomic E-state index is 11.8. The van der Waals surface area contributed by atoms with Crippen molar-refractivity contribution in [3.63, 3.8) is 0 Å². The molecule has 0 radical (unpaired) electrons. The molecule has 0 spiro atoms. The van der Waals surface area contributed by atoms with Crippen molar-refractivity contribution in [3.8, 4) is 5.75 Å². The monoisotopic (exact) mass is 292 g/mol. The van der Waals surface area contributed by atoms with Gasteiger partial charge in [0.15, 0.2) is 12.4 Å². The Hall–Kier alpha value is -2.11. The molecule has 0 bridgehead atoms. The van der Waals surface area contributed by atoms with Crippen LogP contribution in [0.1, 0.15) is 37.7 Å². The summed E-state index contributed by atoms with van der Waals surface area (Å²) >= 11 is 0. The van der Waals surface area contributed by atoms with Crippen molar-refractivity contribution in [3.05, 3.63) is 33.9 Å². The number of nitro benzene ring substituents is 1. The average Bonchev–Trinajstić information content (AvgIpc) is 2.47. The zero-order valence-electron chi connectivity index (χ0n) is 12.1. The largest absolute Gasteiger partial charge is 0.477 e. The Morgan fingerprint density at radius 3 is 2.76 bits per heavy atom. The van der Waals surface area contributed by atoms with Gasteiger partial charge in [-0.3, -0.25) is 14.9 Å². The zero-order chi connectivity index (χ0) is 15.2. The van der Waals surface area contributed by atoms with E-state index in [1.54, 1.807) is 13.0 Å². The Labute approximate surface area is 123 Å². The number of carbonyl (C=O) groups is 1. The Morgan fingerprint density at radius 2 is 2.10 bits per heavy atom. The summed E-state index contributed by atoms with van der Waals surface area (Å²) < 4.78 is 5.30. The van der Waals surface area contributed by atoms with Gasteiger partial charge in [-0.05, 0) is 31.4 Å². The van der Waals surface area contributed by atoms with Crippen molar-refractivity contribution in [2.75, 3.05) is 6.61 Å². The molecule has 6 nitrogen and oxygen atoms in total. The van der Waals surface area contributed by atoms with Gasteiger partial charge in [-0.25, -0.2) is 0 Å². The third kappa shape index (κ3) is 4.44. The summed E-state index contributed by atoms with van der Waals surface area (Å²) in [6.07, 6.45) is 5.48. The maximum absolute atomic E-state index is 11.8. The molecule has 1 aliphatic carbocycles. The van der Waals surface area contributed by atoms with Gasteiger partial charge in [-0.2, -0.15) is 0 Å². The van der Waals surface area contributed by atoms with E-state index in [1.165, 1.54) is 18.6 Å². The predicted octanol–water partition coefficient (Wildman–Crippen LogP) is 2.73. The van der Waals surface area contributed by atoms with E-state index in [9.17, 15) is 14.9 Å². The second-order valence-electron chi connectivity index (χ2n) is 5.42. The second kappa shape index (κ2) is 7.06. The molecule has 0 aromatic heterocycles. The molecule has 1 saturated carbocycles. The van der Waals surface area contributed by atoms with E-state index in [4.69, 9.17) is 4.74 Å². The third-order valence-electron chi connectivity index (χ3n) is 3.64. The number of nitrogens with one attached hydrogen (secondary N) is 1. The van der Waals surface area contributed by atoms with Crippen LogP contribution >= 0.6 is 0 Å². The van der Waals surface area contributed by atoms with Crippen LogP contribution in [0.3, 0.4) is 0 Å². The van der Waals surface area contributed by atoms with Gasteiger partial charge in [-0.1, -0.05) is 25.3 Å². The molecule has 1 N–H and O–H groups in total. The van der Waals surface area contributed by atoms with Crippen LogP contribution in [-0.4, -0.2) is 23.5 Å². The van der Waals surface area contributed by atoms with E-state index in [1.807, 2.05) is 0 Å². The fourth-order valence-corrected chi connectivity index (χ4v) is 2.55. The molecule has 114 valence electrons. The van der Waals surface area contributed by atoms with Crippen molar-refractivity contribution >= 4 is 11.6 Å². The summed E-state index contributed by atoms with van der Waals surface area (Å²) in [5.74, 6) is -0.0961. The SMILES string of the molecule is Cc1ccc(OCC(=O)NC2CCCCC2)c([N+](=O)[O-])c1. The van der Waals surface area contributed by atoms with Gasteiger partial charge < -0.3 is 10.1 Å². The van der Waals surface area contributed by atoms with Crippen LogP contribution in [0.2, 0.25) is 0 Å². The lowest BCUT2D eigenvalue weighted by atomic mass is 9.95. The molecular formula is C15H20N2O4. The number of aryl methyl sites for hydroxylation is 1. The Kier molecular flexibility index (Phi) is 5.14. The van der Waals surface area contributed by atoms with Crippen molar-refractivity contribution < 1.29 is 14.5 Å². The van der Waals surface area contributed by atoms with Crippen LogP contribution in [0.5, 0.6) is 5.75 Å². The molecule has 0 aliphatic heterocycles. The molecular weight excluding hydrogens is 272 g/mol. The van der Waals surface area contributed by atoms with E-state index in [0.29, 0.717) is 0 Å². The number of nitro groups is 1. The number of hydrogen-bond acceptors (Lipinski definition) is 4.